The highest BCUT2D eigenvalue weighted by molar-refractivity contribution is 6.05. The second-order valence-corrected chi connectivity index (χ2v) is 5.27. The summed E-state index contributed by atoms with van der Waals surface area (Å²) in [5.41, 5.74) is -0.546. The standard InChI is InChI=1S/C18H15N3O5/c1-26-15-9-5-3-7-12(15)21-16(24)10-14(23)17(20-21)18(25)19-11-6-2-4-8-13(11)22/h2-10,22-23H,1H3,(H,19,25). The highest BCUT2D eigenvalue weighted by Gasteiger charge is 2.19. The summed E-state index contributed by atoms with van der Waals surface area (Å²) < 4.78 is 6.16. The van der Waals surface area contributed by atoms with Crippen molar-refractivity contribution >= 4 is 11.6 Å². The summed E-state index contributed by atoms with van der Waals surface area (Å²) in [6, 6.07) is 13.6. The van der Waals surface area contributed by atoms with E-state index in [2.05, 4.69) is 10.4 Å². The molecule has 3 N–H and O–H groups in total. The summed E-state index contributed by atoms with van der Waals surface area (Å²) in [7, 11) is 1.44. The van der Waals surface area contributed by atoms with Gasteiger partial charge in [-0.2, -0.15) is 9.78 Å². The van der Waals surface area contributed by atoms with Crippen molar-refractivity contribution in [1.82, 2.24) is 9.78 Å². The van der Waals surface area contributed by atoms with Crippen LogP contribution in [0.25, 0.3) is 5.69 Å². The quantitative estimate of drug-likeness (QED) is 0.618. The maximum atomic E-state index is 12.4. The van der Waals surface area contributed by atoms with Gasteiger partial charge in [0.1, 0.15) is 17.2 Å². The first kappa shape index (κ1) is 17.0. The average molecular weight is 353 g/mol. The molecule has 0 aliphatic heterocycles. The number of phenols is 1. The number of para-hydroxylation sites is 4. The molecule has 3 aromatic rings. The monoisotopic (exact) mass is 353 g/mol. The molecule has 1 amide bonds. The average Bonchev–Trinajstić information content (AvgIpc) is 2.63. The molecule has 3 rings (SSSR count). The molecule has 132 valence electrons. The molecule has 0 aliphatic carbocycles. The van der Waals surface area contributed by atoms with Gasteiger partial charge in [-0.25, -0.2) is 0 Å². The zero-order chi connectivity index (χ0) is 18.7. The highest BCUT2D eigenvalue weighted by Crippen LogP contribution is 2.24. The molecule has 0 atom stereocenters. The summed E-state index contributed by atoms with van der Waals surface area (Å²) in [6.45, 7) is 0. The molecule has 0 saturated heterocycles. The summed E-state index contributed by atoms with van der Waals surface area (Å²) in [5, 5.41) is 26.1. The molecule has 0 spiro atoms. The Bertz CT molecular complexity index is 1030. The number of benzene rings is 2. The van der Waals surface area contributed by atoms with Gasteiger partial charge in [0.05, 0.1) is 12.8 Å². The Morgan fingerprint density at radius 3 is 2.50 bits per heavy atom. The van der Waals surface area contributed by atoms with Gasteiger partial charge in [0.25, 0.3) is 11.5 Å². The van der Waals surface area contributed by atoms with E-state index in [1.807, 2.05) is 0 Å². The Morgan fingerprint density at radius 2 is 1.77 bits per heavy atom. The van der Waals surface area contributed by atoms with Crippen LogP contribution in [0.2, 0.25) is 0 Å². The van der Waals surface area contributed by atoms with Crippen LogP contribution in [0, 0.1) is 0 Å². The minimum atomic E-state index is -0.785. The summed E-state index contributed by atoms with van der Waals surface area (Å²) in [4.78, 5) is 24.7. The number of ether oxygens (including phenoxy) is 1. The zero-order valence-corrected chi connectivity index (χ0v) is 13.7. The SMILES string of the molecule is COc1ccccc1-n1nc(C(=O)Nc2ccccc2O)c(O)cc1=O. The van der Waals surface area contributed by atoms with Gasteiger partial charge in [-0.15, -0.1) is 0 Å². The van der Waals surface area contributed by atoms with Gasteiger partial charge in [0.15, 0.2) is 11.4 Å². The van der Waals surface area contributed by atoms with E-state index in [0.717, 1.165) is 10.7 Å². The first-order valence-electron chi connectivity index (χ1n) is 7.57. The highest BCUT2D eigenvalue weighted by atomic mass is 16.5. The van der Waals surface area contributed by atoms with Gasteiger partial charge in [0, 0.05) is 6.07 Å². The molecule has 8 nitrogen and oxygen atoms in total. The van der Waals surface area contributed by atoms with Gasteiger partial charge >= 0.3 is 0 Å². The van der Waals surface area contributed by atoms with E-state index < -0.39 is 17.2 Å². The number of carbonyl (C=O) groups excluding carboxylic acids is 1. The molecule has 0 unspecified atom stereocenters. The summed E-state index contributed by atoms with van der Waals surface area (Å²) in [5.74, 6) is -1.13. The lowest BCUT2D eigenvalue weighted by atomic mass is 10.2. The molecule has 1 aromatic heterocycles. The molecular weight excluding hydrogens is 338 g/mol. The van der Waals surface area contributed by atoms with Crippen molar-refractivity contribution in [1.29, 1.82) is 0 Å². The van der Waals surface area contributed by atoms with E-state index in [4.69, 9.17) is 4.74 Å². The summed E-state index contributed by atoms with van der Waals surface area (Å²) in [6.07, 6.45) is 0. The van der Waals surface area contributed by atoms with Gasteiger partial charge in [0.2, 0.25) is 0 Å². The van der Waals surface area contributed by atoms with Gasteiger partial charge in [-0.1, -0.05) is 24.3 Å². The topological polar surface area (TPSA) is 114 Å². The van der Waals surface area contributed by atoms with Crippen LogP contribution < -0.4 is 15.6 Å². The summed E-state index contributed by atoms with van der Waals surface area (Å²) >= 11 is 0. The minimum absolute atomic E-state index is 0.140. The molecule has 2 aromatic carbocycles. The van der Waals surface area contributed by atoms with Crippen molar-refractivity contribution in [3.8, 4) is 22.9 Å². The molecule has 0 aliphatic rings. The van der Waals surface area contributed by atoms with Crippen LogP contribution in [-0.2, 0) is 0 Å². The maximum absolute atomic E-state index is 12.4. The zero-order valence-electron chi connectivity index (χ0n) is 13.7. The molecule has 0 radical (unpaired) electrons. The number of phenolic OH excluding ortho intramolecular Hbond substituents is 1. The number of nitrogens with one attached hydrogen (secondary N) is 1. The third-order valence-electron chi connectivity index (χ3n) is 3.59. The number of aromatic hydroxyl groups is 2. The number of hydrogen-bond donors (Lipinski definition) is 3. The lowest BCUT2D eigenvalue weighted by Crippen LogP contribution is -2.25. The second-order valence-electron chi connectivity index (χ2n) is 5.27. The first-order valence-corrected chi connectivity index (χ1v) is 7.57. The Hall–Kier alpha value is -3.81. The number of anilines is 1. The fourth-order valence-corrected chi connectivity index (χ4v) is 2.35. The van der Waals surface area contributed by atoms with Crippen LogP contribution in [0.4, 0.5) is 5.69 Å². The Kier molecular flexibility index (Phi) is 4.57. The smallest absolute Gasteiger partial charge is 0.280 e. The first-order chi connectivity index (χ1) is 12.5. The van der Waals surface area contributed by atoms with E-state index in [1.54, 1.807) is 36.4 Å². The van der Waals surface area contributed by atoms with E-state index in [1.165, 1.54) is 19.2 Å². The van der Waals surface area contributed by atoms with Crippen molar-refractivity contribution in [2.24, 2.45) is 0 Å². The number of rotatable bonds is 4. The van der Waals surface area contributed by atoms with E-state index in [-0.39, 0.29) is 17.1 Å². The fourth-order valence-electron chi connectivity index (χ4n) is 2.35. The number of methoxy groups -OCH3 is 1. The maximum Gasteiger partial charge on any atom is 0.280 e. The predicted octanol–water partition coefficient (Wildman–Crippen LogP) is 1.90. The normalized spacial score (nSPS) is 10.3. The number of nitrogens with zero attached hydrogens (tertiary/aromatic N) is 2. The number of aromatic nitrogens is 2. The van der Waals surface area contributed by atoms with Crippen molar-refractivity contribution in [3.05, 3.63) is 70.6 Å². The fraction of sp³-hybridized carbons (Fsp3) is 0.0556. The van der Waals surface area contributed by atoms with E-state index in [9.17, 15) is 19.8 Å². The Labute approximate surface area is 147 Å². The number of carbonyl (C=O) groups is 1. The van der Waals surface area contributed by atoms with Gasteiger partial charge in [-0.3, -0.25) is 9.59 Å². The third-order valence-corrected chi connectivity index (χ3v) is 3.59. The van der Waals surface area contributed by atoms with Crippen molar-refractivity contribution in [2.75, 3.05) is 12.4 Å². The Morgan fingerprint density at radius 1 is 1.08 bits per heavy atom. The number of amides is 1. The van der Waals surface area contributed by atoms with E-state index in [0.29, 0.717) is 11.4 Å². The van der Waals surface area contributed by atoms with Gasteiger partial charge < -0.3 is 20.3 Å². The van der Waals surface area contributed by atoms with Crippen LogP contribution >= 0.6 is 0 Å². The van der Waals surface area contributed by atoms with Crippen LogP contribution in [-0.4, -0.2) is 33.0 Å². The lowest BCUT2D eigenvalue weighted by Gasteiger charge is -2.12. The predicted molar refractivity (Wildman–Crippen MR) is 94.1 cm³/mol. The van der Waals surface area contributed by atoms with Crippen LogP contribution in [0.3, 0.4) is 0 Å². The molecule has 0 saturated carbocycles. The second kappa shape index (κ2) is 6.98. The van der Waals surface area contributed by atoms with Gasteiger partial charge in [-0.05, 0) is 24.3 Å². The molecule has 1 heterocycles. The molecule has 0 fully saturated rings. The molecular formula is C18H15N3O5. The van der Waals surface area contributed by atoms with E-state index >= 15 is 0 Å². The number of hydrogen-bond acceptors (Lipinski definition) is 6. The minimum Gasteiger partial charge on any atom is -0.506 e. The van der Waals surface area contributed by atoms with Crippen LogP contribution in [0.5, 0.6) is 17.2 Å². The van der Waals surface area contributed by atoms with Crippen LogP contribution in [0.15, 0.2) is 59.4 Å². The van der Waals surface area contributed by atoms with Crippen molar-refractivity contribution < 1.29 is 19.7 Å². The molecule has 26 heavy (non-hydrogen) atoms. The lowest BCUT2D eigenvalue weighted by molar-refractivity contribution is 0.101. The van der Waals surface area contributed by atoms with Crippen LogP contribution in [0.1, 0.15) is 10.5 Å². The largest absolute Gasteiger partial charge is 0.506 e. The Balaban J connectivity index is 2.05. The van der Waals surface area contributed by atoms with Crippen molar-refractivity contribution in [2.45, 2.75) is 0 Å². The van der Waals surface area contributed by atoms with Crippen molar-refractivity contribution in [3.63, 3.8) is 0 Å². The molecule has 0 bridgehead atoms. The third kappa shape index (κ3) is 3.20. The molecule has 8 heteroatoms.